The van der Waals surface area contributed by atoms with Gasteiger partial charge in [-0.05, 0) is 38.2 Å². The van der Waals surface area contributed by atoms with Crippen LogP contribution >= 0.6 is 0 Å². The Labute approximate surface area is 269 Å². The first-order chi connectivity index (χ1) is 21.8. The van der Waals surface area contributed by atoms with Gasteiger partial charge in [0.15, 0.2) is 6.10 Å². The topological polar surface area (TPSA) is 198 Å². The van der Waals surface area contributed by atoms with Crippen LogP contribution in [0.5, 0.6) is 0 Å². The molecule has 0 aromatic rings. The summed E-state index contributed by atoms with van der Waals surface area (Å²) in [6.07, 6.45) is 5.07. The third-order valence-corrected chi connectivity index (χ3v) is 7.62. The summed E-state index contributed by atoms with van der Waals surface area (Å²) in [5, 5.41) is 5.52. The molecule has 252 valence electrons. The smallest absolute Gasteiger partial charge is 0.405 e. The average Bonchev–Trinajstić information content (AvgIpc) is 3.01. The lowest BCUT2D eigenvalue weighted by atomic mass is 9.85. The lowest BCUT2D eigenvalue weighted by Crippen LogP contribution is -2.41. The number of rotatable bonds is 8. The van der Waals surface area contributed by atoms with Crippen molar-refractivity contribution in [3.63, 3.8) is 0 Å². The lowest BCUT2D eigenvalue weighted by Gasteiger charge is -2.32. The molecular formula is C33H46N4O9. The van der Waals surface area contributed by atoms with Crippen LogP contribution in [-0.4, -0.2) is 81.3 Å². The summed E-state index contributed by atoms with van der Waals surface area (Å²) in [4.78, 5) is 64.2. The van der Waals surface area contributed by atoms with E-state index in [1.54, 1.807) is 32.1 Å². The number of esters is 1. The van der Waals surface area contributed by atoms with Gasteiger partial charge < -0.3 is 41.0 Å². The molecule has 0 spiro atoms. The molecule has 0 aromatic carbocycles. The highest BCUT2D eigenvalue weighted by atomic mass is 16.6. The number of primary amides is 1. The molecule has 13 heteroatoms. The Morgan fingerprint density at radius 2 is 1.83 bits per heavy atom. The summed E-state index contributed by atoms with van der Waals surface area (Å²) >= 11 is 0. The highest BCUT2D eigenvalue weighted by Gasteiger charge is 2.35. The number of amides is 2. The van der Waals surface area contributed by atoms with Crippen LogP contribution in [0.1, 0.15) is 40.5 Å². The van der Waals surface area contributed by atoms with Crippen LogP contribution in [0.25, 0.3) is 0 Å². The molecule has 2 amide bonds. The highest BCUT2D eigenvalue weighted by Crippen LogP contribution is 2.30. The zero-order chi connectivity index (χ0) is 34.6. The van der Waals surface area contributed by atoms with E-state index in [2.05, 4.69) is 17.2 Å². The fraction of sp³-hybridized carbons (Fsp3) is 0.485. The zero-order valence-corrected chi connectivity index (χ0v) is 27.3. The van der Waals surface area contributed by atoms with Crippen LogP contribution in [0.3, 0.4) is 0 Å². The predicted molar refractivity (Wildman–Crippen MR) is 171 cm³/mol. The standard InChI is InChI=1S/C33H46N4O9/c1-8-12-36-28-22-13-18(2)14-26(44-7)31(45-27(39)17-34)21(5)15-20(4)30(46-33(35)42)25(43-6)11-9-10-19(3)32(41)37-23(29(22)40)16-24(28)38/h8-11,15-16,18,21,25-26,30-31,36H,1,12-14,17,34H2,2-7H3,(H2,35,42)(H,37,41)/b11-9-,19-10+,20-15+/t18-,21-,25+,26-,30-,31-/m1/s1. The molecular weight excluding hydrogens is 596 g/mol. The van der Waals surface area contributed by atoms with Crippen LogP contribution in [0.2, 0.25) is 0 Å². The summed E-state index contributed by atoms with van der Waals surface area (Å²) in [6.45, 7) is 10.5. The number of methoxy groups -OCH3 is 2. The normalized spacial score (nSPS) is 29.7. The molecule has 2 rings (SSSR count). The Bertz CT molecular complexity index is 1340. The number of hydrogen-bond acceptors (Lipinski definition) is 11. The van der Waals surface area contributed by atoms with Crippen molar-refractivity contribution >= 4 is 29.5 Å². The van der Waals surface area contributed by atoms with Crippen LogP contribution in [0.15, 0.2) is 71.1 Å². The number of fused-ring (bicyclic) bond motifs is 2. The van der Waals surface area contributed by atoms with Gasteiger partial charge in [-0.2, -0.15) is 0 Å². The van der Waals surface area contributed by atoms with E-state index in [0.717, 1.165) is 6.08 Å². The van der Waals surface area contributed by atoms with Gasteiger partial charge in [0.25, 0.3) is 5.91 Å². The van der Waals surface area contributed by atoms with E-state index in [4.69, 9.17) is 30.4 Å². The summed E-state index contributed by atoms with van der Waals surface area (Å²) in [6, 6.07) is 0. The summed E-state index contributed by atoms with van der Waals surface area (Å²) in [5.74, 6) is -3.00. The summed E-state index contributed by atoms with van der Waals surface area (Å²) in [7, 11) is 2.89. The minimum absolute atomic E-state index is 0.119. The van der Waals surface area contributed by atoms with Crippen LogP contribution in [0, 0.1) is 11.8 Å². The van der Waals surface area contributed by atoms with Crippen molar-refractivity contribution in [1.29, 1.82) is 0 Å². The molecule has 0 aromatic heterocycles. The third-order valence-electron chi connectivity index (χ3n) is 7.62. The number of carbonyl (C=O) groups excluding carboxylic acids is 5. The quantitative estimate of drug-likeness (QED) is 0.172. The molecule has 6 atom stereocenters. The minimum Gasteiger partial charge on any atom is -0.458 e. The fourth-order valence-electron chi connectivity index (χ4n) is 5.32. The third kappa shape index (κ3) is 10.4. The molecule has 0 saturated carbocycles. The first kappa shape index (κ1) is 37.9. The maximum atomic E-state index is 13.7. The number of ether oxygens (including phenoxy) is 4. The van der Waals surface area contributed by atoms with Crippen molar-refractivity contribution in [2.45, 2.75) is 65.0 Å². The van der Waals surface area contributed by atoms with E-state index in [1.807, 2.05) is 6.92 Å². The highest BCUT2D eigenvalue weighted by molar-refractivity contribution is 6.23. The Kier molecular flexibility index (Phi) is 14.8. The predicted octanol–water partition coefficient (Wildman–Crippen LogP) is 2.05. The van der Waals surface area contributed by atoms with E-state index in [9.17, 15) is 24.0 Å². The SMILES string of the molecule is C=CCNC1=C2C[C@@H](C)C[C@@H](OC)[C@H](OC(=O)CN)[C@H](C)/C=C(\C)[C@@H](OC(N)=O)[C@@H](OC)/C=C\C=C(/C)C(=O)NC(=CC1=O)C2=O. The number of nitrogens with one attached hydrogen (secondary N) is 2. The fourth-order valence-corrected chi connectivity index (χ4v) is 5.32. The van der Waals surface area contributed by atoms with Crippen molar-refractivity contribution in [1.82, 2.24) is 10.6 Å². The Balaban J connectivity index is 2.73. The molecule has 1 aliphatic heterocycles. The van der Waals surface area contributed by atoms with Crippen LogP contribution in [0.4, 0.5) is 4.79 Å². The molecule has 0 radical (unpaired) electrons. The van der Waals surface area contributed by atoms with Gasteiger partial charge in [0.2, 0.25) is 11.6 Å². The molecule has 1 heterocycles. The van der Waals surface area contributed by atoms with E-state index in [-0.39, 0.29) is 48.0 Å². The second-order valence-corrected chi connectivity index (χ2v) is 11.3. The number of ketones is 2. The Morgan fingerprint density at radius 1 is 1.13 bits per heavy atom. The lowest BCUT2D eigenvalue weighted by molar-refractivity contribution is -0.158. The van der Waals surface area contributed by atoms with Crippen molar-refractivity contribution < 1.29 is 42.9 Å². The molecule has 0 unspecified atom stereocenters. The molecule has 13 nitrogen and oxygen atoms in total. The van der Waals surface area contributed by atoms with Crippen molar-refractivity contribution in [2.24, 2.45) is 23.3 Å². The van der Waals surface area contributed by atoms with E-state index in [1.165, 1.54) is 33.3 Å². The molecule has 2 aliphatic rings. The second kappa shape index (κ2) is 18.0. The second-order valence-electron chi connectivity index (χ2n) is 11.3. The number of hydrogen-bond donors (Lipinski definition) is 4. The van der Waals surface area contributed by atoms with Crippen molar-refractivity contribution in [3.8, 4) is 0 Å². The first-order valence-corrected chi connectivity index (χ1v) is 14.9. The zero-order valence-electron chi connectivity index (χ0n) is 27.3. The largest absolute Gasteiger partial charge is 0.458 e. The monoisotopic (exact) mass is 642 g/mol. The number of nitrogens with two attached hydrogens (primary N) is 2. The molecule has 6 N–H and O–H groups in total. The van der Waals surface area contributed by atoms with Gasteiger partial charge in [0, 0.05) is 43.9 Å². The van der Waals surface area contributed by atoms with Gasteiger partial charge in [0.05, 0.1) is 24.0 Å². The Hall–Kier alpha value is -4.33. The molecule has 0 fully saturated rings. The first-order valence-electron chi connectivity index (χ1n) is 14.9. The number of Topliss-reactive ketones (excluding diaryl/α,β-unsaturated/α-hetero) is 1. The molecule has 0 saturated heterocycles. The maximum absolute atomic E-state index is 13.7. The summed E-state index contributed by atoms with van der Waals surface area (Å²) in [5.41, 5.74) is 11.9. The molecule has 46 heavy (non-hydrogen) atoms. The van der Waals surface area contributed by atoms with Gasteiger partial charge in [-0.1, -0.05) is 44.2 Å². The Morgan fingerprint density at radius 3 is 2.41 bits per heavy atom. The average molecular weight is 643 g/mol. The molecule has 2 bridgehead atoms. The molecule has 1 aliphatic carbocycles. The van der Waals surface area contributed by atoms with Gasteiger partial charge in [0.1, 0.15) is 12.2 Å². The number of carbonyl (C=O) groups is 5. The number of allylic oxidation sites excluding steroid dienone is 4. The van der Waals surface area contributed by atoms with Gasteiger partial charge >= 0.3 is 12.1 Å². The maximum Gasteiger partial charge on any atom is 0.405 e. The van der Waals surface area contributed by atoms with Gasteiger partial charge in [-0.3, -0.25) is 19.2 Å². The van der Waals surface area contributed by atoms with E-state index >= 15 is 0 Å². The van der Waals surface area contributed by atoms with Crippen molar-refractivity contribution in [3.05, 3.63) is 71.1 Å². The van der Waals surface area contributed by atoms with Crippen LogP contribution in [-0.2, 0) is 38.1 Å². The van der Waals surface area contributed by atoms with Gasteiger partial charge in [-0.15, -0.1) is 6.58 Å². The van der Waals surface area contributed by atoms with Gasteiger partial charge in [-0.25, -0.2) is 4.79 Å². The van der Waals surface area contributed by atoms with E-state index < -0.39 is 59.9 Å². The summed E-state index contributed by atoms with van der Waals surface area (Å²) < 4.78 is 22.6. The minimum atomic E-state index is -1.03. The van der Waals surface area contributed by atoms with Crippen LogP contribution < -0.4 is 22.1 Å². The van der Waals surface area contributed by atoms with Crippen molar-refractivity contribution in [2.75, 3.05) is 27.3 Å². The van der Waals surface area contributed by atoms with E-state index in [0.29, 0.717) is 12.0 Å².